The third-order valence-electron chi connectivity index (χ3n) is 5.04. The van der Waals surface area contributed by atoms with E-state index in [1.54, 1.807) is 24.3 Å². The van der Waals surface area contributed by atoms with Gasteiger partial charge in [0, 0.05) is 22.9 Å². The molecule has 3 rings (SSSR count). The van der Waals surface area contributed by atoms with E-state index in [2.05, 4.69) is 4.72 Å². The van der Waals surface area contributed by atoms with Crippen LogP contribution in [-0.4, -0.2) is 57.5 Å². The first kappa shape index (κ1) is 26.9. The molecule has 0 saturated carbocycles. The van der Waals surface area contributed by atoms with Gasteiger partial charge in [-0.25, -0.2) is 12.8 Å². The van der Waals surface area contributed by atoms with E-state index in [9.17, 15) is 17.6 Å². The molecule has 2 N–H and O–H groups in total. The van der Waals surface area contributed by atoms with Crippen molar-refractivity contribution in [2.24, 2.45) is 0 Å². The van der Waals surface area contributed by atoms with E-state index >= 15 is 0 Å². The molecule has 1 aromatic carbocycles. The summed E-state index contributed by atoms with van der Waals surface area (Å²) in [5, 5.41) is 7.89. The topological polar surface area (TPSA) is 107 Å². The number of rotatable bonds is 7. The number of hydrogen-bond acceptors (Lipinski definition) is 6. The predicted molar refractivity (Wildman–Crippen MR) is 128 cm³/mol. The summed E-state index contributed by atoms with van der Waals surface area (Å²) in [7, 11) is -0.0409. The quantitative estimate of drug-likeness (QED) is 0.544. The summed E-state index contributed by atoms with van der Waals surface area (Å²) in [5.74, 6) is -0.981. The van der Waals surface area contributed by atoms with Gasteiger partial charge in [-0.3, -0.25) is 9.59 Å². The summed E-state index contributed by atoms with van der Waals surface area (Å²) in [6.45, 7) is 1.94. The fraction of sp³-hybridized carbons (Fsp3) is 0.333. The number of nitrogens with one attached hydrogen (secondary N) is 1. The molecule has 1 aromatic heterocycles. The number of carbonyl (C=O) groups is 2. The fourth-order valence-electron chi connectivity index (χ4n) is 3.14. The van der Waals surface area contributed by atoms with Crippen molar-refractivity contribution in [2.45, 2.75) is 25.4 Å². The van der Waals surface area contributed by atoms with Crippen LogP contribution >= 0.6 is 22.9 Å². The number of amides is 1. The number of nitrogens with zero attached hydrogens (tertiary/aromatic N) is 2. The second kappa shape index (κ2) is 11.7. The van der Waals surface area contributed by atoms with Crippen LogP contribution in [0.25, 0.3) is 6.08 Å². The van der Waals surface area contributed by atoms with Gasteiger partial charge in [0.2, 0.25) is 15.9 Å². The maximum Gasteiger partial charge on any atom is 0.290 e. The van der Waals surface area contributed by atoms with E-state index in [0.29, 0.717) is 9.21 Å². The molecule has 33 heavy (non-hydrogen) atoms. The first-order valence-corrected chi connectivity index (χ1v) is 12.5. The van der Waals surface area contributed by atoms with Crippen LogP contribution in [0.5, 0.6) is 0 Å². The van der Waals surface area contributed by atoms with Crippen molar-refractivity contribution in [1.29, 1.82) is 0 Å². The van der Waals surface area contributed by atoms with Crippen molar-refractivity contribution in [3.05, 3.63) is 56.3 Å². The van der Waals surface area contributed by atoms with E-state index in [1.165, 1.54) is 28.4 Å². The molecular formula is C21H25ClFN3O5S2. The van der Waals surface area contributed by atoms with Gasteiger partial charge in [0.1, 0.15) is 11.9 Å². The first-order valence-electron chi connectivity index (χ1n) is 9.80. The highest BCUT2D eigenvalue weighted by Gasteiger charge is 2.36. The third-order valence-corrected chi connectivity index (χ3v) is 7.34. The van der Waals surface area contributed by atoms with Crippen molar-refractivity contribution in [3.8, 4) is 0 Å². The van der Waals surface area contributed by atoms with Crippen LogP contribution in [0, 0.1) is 5.82 Å². The average molecular weight is 518 g/mol. The molecular weight excluding hydrogens is 493 g/mol. The zero-order valence-electron chi connectivity index (χ0n) is 18.2. The highest BCUT2D eigenvalue weighted by Crippen LogP contribution is 2.29. The molecule has 2 atom stereocenters. The monoisotopic (exact) mass is 517 g/mol. The molecule has 0 aliphatic carbocycles. The fourth-order valence-corrected chi connectivity index (χ4v) is 5.21. The average Bonchev–Trinajstić information content (AvgIpc) is 3.32. The van der Waals surface area contributed by atoms with Crippen LogP contribution in [0.4, 0.5) is 10.1 Å². The molecule has 1 aliphatic heterocycles. The molecule has 1 aliphatic rings. The maximum absolute atomic E-state index is 14.7. The molecule has 8 nitrogen and oxygen atoms in total. The molecule has 12 heteroatoms. The summed E-state index contributed by atoms with van der Waals surface area (Å²) in [4.78, 5) is 25.0. The minimum absolute atomic E-state index is 0.0207. The summed E-state index contributed by atoms with van der Waals surface area (Å²) in [6.07, 6.45) is 1.67. The Balaban J connectivity index is 0.00000122. The largest absolute Gasteiger partial charge is 0.483 e. The third kappa shape index (κ3) is 7.34. The van der Waals surface area contributed by atoms with Crippen molar-refractivity contribution >= 4 is 57.1 Å². The Hall–Kier alpha value is -2.31. The lowest BCUT2D eigenvalue weighted by molar-refractivity contribution is -0.123. The summed E-state index contributed by atoms with van der Waals surface area (Å²) in [6, 6.07) is 7.22. The van der Waals surface area contributed by atoms with Gasteiger partial charge in [-0.2, -0.15) is 4.72 Å². The Kier molecular flexibility index (Phi) is 9.56. The summed E-state index contributed by atoms with van der Waals surface area (Å²) >= 11 is 7.08. The SMILES string of the molecule is CC(c1ccc(N2CCC(NS(=O)(=O)/C=C/c3ccc(Cl)s3)C2=O)c(F)c1)N(C)C.O=CO. The lowest BCUT2D eigenvalue weighted by Gasteiger charge is -2.22. The smallest absolute Gasteiger partial charge is 0.290 e. The number of carbonyl (C=O) groups excluding carboxylic acids is 1. The standard InChI is InChI=1S/C20H23ClFN3O3S2.CH2O2/c1-13(24(2)3)14-4-6-18(16(22)12-14)25-10-8-17(20(25)26)23-30(27,28)11-9-15-5-7-19(21)29-15;2-1-3/h4-7,9,11-13,17,23H,8,10H2,1-3H3;1H,(H,2,3)/b11-9+;. The van der Waals surface area contributed by atoms with Gasteiger partial charge in [0.15, 0.2) is 0 Å². The molecule has 1 amide bonds. The Morgan fingerprint density at radius 3 is 2.55 bits per heavy atom. The molecule has 0 bridgehead atoms. The van der Waals surface area contributed by atoms with Crippen LogP contribution < -0.4 is 9.62 Å². The van der Waals surface area contributed by atoms with Crippen LogP contribution in [0.2, 0.25) is 4.34 Å². The highest BCUT2D eigenvalue weighted by atomic mass is 35.5. The van der Waals surface area contributed by atoms with Gasteiger partial charge in [0.05, 0.1) is 10.0 Å². The zero-order valence-corrected chi connectivity index (χ0v) is 20.6. The molecule has 180 valence electrons. The van der Waals surface area contributed by atoms with Gasteiger partial charge >= 0.3 is 0 Å². The van der Waals surface area contributed by atoms with Crippen LogP contribution in [0.1, 0.15) is 29.8 Å². The number of anilines is 1. The molecule has 0 spiro atoms. The molecule has 1 fully saturated rings. The van der Waals surface area contributed by atoms with Crippen molar-refractivity contribution in [3.63, 3.8) is 0 Å². The van der Waals surface area contributed by atoms with E-state index in [0.717, 1.165) is 11.0 Å². The van der Waals surface area contributed by atoms with Gasteiger partial charge in [-0.05, 0) is 63.3 Å². The Morgan fingerprint density at radius 1 is 1.33 bits per heavy atom. The minimum atomic E-state index is -3.84. The highest BCUT2D eigenvalue weighted by molar-refractivity contribution is 7.92. The van der Waals surface area contributed by atoms with Gasteiger partial charge in [0.25, 0.3) is 6.47 Å². The zero-order chi connectivity index (χ0) is 24.8. The Labute approximate surface area is 201 Å². The van der Waals surface area contributed by atoms with E-state index in [4.69, 9.17) is 21.5 Å². The van der Waals surface area contributed by atoms with Crippen LogP contribution in [-0.2, 0) is 19.6 Å². The predicted octanol–water partition coefficient (Wildman–Crippen LogP) is 3.56. The number of carboxylic acid groups (broad SMARTS) is 1. The van der Waals surface area contributed by atoms with Gasteiger partial charge in [-0.1, -0.05) is 17.7 Å². The first-order chi connectivity index (χ1) is 15.5. The summed E-state index contributed by atoms with van der Waals surface area (Å²) < 4.78 is 42.3. The van der Waals surface area contributed by atoms with Gasteiger partial charge < -0.3 is 14.9 Å². The van der Waals surface area contributed by atoms with Crippen LogP contribution in [0.3, 0.4) is 0 Å². The normalized spacial score (nSPS) is 17.3. The summed E-state index contributed by atoms with van der Waals surface area (Å²) in [5.41, 5.74) is 0.948. The molecule has 2 heterocycles. The second-order valence-electron chi connectivity index (χ2n) is 7.39. The van der Waals surface area contributed by atoms with Crippen molar-refractivity contribution in [2.75, 3.05) is 25.5 Å². The minimum Gasteiger partial charge on any atom is -0.483 e. The van der Waals surface area contributed by atoms with Gasteiger partial charge in [-0.15, -0.1) is 11.3 Å². The maximum atomic E-state index is 14.7. The molecule has 1 saturated heterocycles. The Morgan fingerprint density at radius 2 is 2.00 bits per heavy atom. The number of halogens is 2. The molecule has 2 unspecified atom stereocenters. The van der Waals surface area contributed by atoms with Crippen molar-refractivity contribution < 1.29 is 27.5 Å². The number of thiophene rings is 1. The number of benzene rings is 1. The molecule has 2 aromatic rings. The van der Waals surface area contributed by atoms with Crippen LogP contribution in [0.15, 0.2) is 35.7 Å². The second-order valence-corrected chi connectivity index (χ2v) is 10.7. The lowest BCUT2D eigenvalue weighted by atomic mass is 10.1. The number of hydrogen-bond donors (Lipinski definition) is 2. The van der Waals surface area contributed by atoms with Crippen molar-refractivity contribution in [1.82, 2.24) is 9.62 Å². The van der Waals surface area contributed by atoms with E-state index in [-0.39, 0.29) is 31.2 Å². The lowest BCUT2D eigenvalue weighted by Crippen LogP contribution is -2.40. The van der Waals surface area contributed by atoms with E-state index < -0.39 is 27.8 Å². The molecule has 0 radical (unpaired) electrons. The Bertz CT molecular complexity index is 1120. The number of sulfonamides is 1. The van der Waals surface area contributed by atoms with E-state index in [1.807, 2.05) is 25.9 Å².